The van der Waals surface area contributed by atoms with Crippen LogP contribution in [0.15, 0.2) is 4.34 Å². The molecule has 0 radical (unpaired) electrons. The number of anilines is 1. The second kappa shape index (κ2) is 9.06. The van der Waals surface area contributed by atoms with Crippen LogP contribution in [0.4, 0.5) is 5.13 Å². The molecule has 0 fully saturated rings. The Morgan fingerprint density at radius 2 is 2.00 bits per heavy atom. The van der Waals surface area contributed by atoms with Crippen LogP contribution in [0.1, 0.15) is 33.6 Å². The van der Waals surface area contributed by atoms with Crippen LogP contribution in [0.25, 0.3) is 0 Å². The van der Waals surface area contributed by atoms with Gasteiger partial charge in [-0.25, -0.2) is 0 Å². The second-order valence-electron chi connectivity index (χ2n) is 4.61. The van der Waals surface area contributed by atoms with Gasteiger partial charge in [0.25, 0.3) is 0 Å². The number of esters is 1. The largest absolute Gasteiger partial charge is 0.465 e. The normalized spacial score (nSPS) is 11.3. The van der Waals surface area contributed by atoms with Crippen LogP contribution < -0.4 is 11.1 Å². The molecule has 0 aliphatic heterocycles. The third-order valence-electron chi connectivity index (χ3n) is 3.47. The molecule has 124 valence electrons. The number of hydrogen-bond acceptors (Lipinski definition) is 8. The number of ether oxygens (including phenoxy) is 1. The summed E-state index contributed by atoms with van der Waals surface area (Å²) in [6, 6.07) is 0. The number of rotatable bonds is 9. The molecule has 1 aromatic rings. The Balaban J connectivity index is 2.61. The van der Waals surface area contributed by atoms with Crippen molar-refractivity contribution in [2.24, 2.45) is 11.1 Å². The average molecular weight is 346 g/mol. The highest BCUT2D eigenvalue weighted by Gasteiger charge is 2.33. The minimum absolute atomic E-state index is 0.141. The Kier molecular flexibility index (Phi) is 7.77. The van der Waals surface area contributed by atoms with Crippen LogP contribution in [-0.2, 0) is 14.3 Å². The molecule has 0 aliphatic rings. The van der Waals surface area contributed by atoms with Gasteiger partial charge in [0.15, 0.2) is 4.34 Å². The third kappa shape index (κ3) is 4.92. The lowest BCUT2D eigenvalue weighted by Gasteiger charge is -2.27. The Labute approximate surface area is 138 Å². The molecule has 22 heavy (non-hydrogen) atoms. The highest BCUT2D eigenvalue weighted by Crippen LogP contribution is 2.30. The molecule has 0 bridgehead atoms. The molecule has 7 nitrogen and oxygen atoms in total. The van der Waals surface area contributed by atoms with Gasteiger partial charge in [-0.05, 0) is 19.8 Å². The van der Waals surface area contributed by atoms with Gasteiger partial charge in [-0.15, -0.1) is 10.2 Å². The maximum absolute atomic E-state index is 12.4. The van der Waals surface area contributed by atoms with E-state index >= 15 is 0 Å². The highest BCUT2D eigenvalue weighted by molar-refractivity contribution is 8.01. The average Bonchev–Trinajstić information content (AvgIpc) is 2.95. The summed E-state index contributed by atoms with van der Waals surface area (Å²) >= 11 is 2.46. The molecule has 9 heteroatoms. The zero-order valence-corrected chi connectivity index (χ0v) is 14.7. The first-order valence-electron chi connectivity index (χ1n) is 7.14. The van der Waals surface area contributed by atoms with Crippen molar-refractivity contribution in [1.82, 2.24) is 10.2 Å². The van der Waals surface area contributed by atoms with Crippen molar-refractivity contribution >= 4 is 40.1 Å². The second-order valence-corrected chi connectivity index (χ2v) is 6.81. The minimum atomic E-state index is -0.579. The number of carbonyl (C=O) groups excluding carboxylic acids is 2. The predicted octanol–water partition coefficient (Wildman–Crippen LogP) is 1.90. The monoisotopic (exact) mass is 346 g/mol. The fourth-order valence-corrected chi connectivity index (χ4v) is 3.37. The van der Waals surface area contributed by atoms with E-state index in [9.17, 15) is 9.59 Å². The zero-order chi connectivity index (χ0) is 16.6. The van der Waals surface area contributed by atoms with E-state index in [0.29, 0.717) is 28.9 Å². The van der Waals surface area contributed by atoms with Gasteiger partial charge in [-0.1, -0.05) is 36.9 Å². The summed E-state index contributed by atoms with van der Waals surface area (Å²) in [7, 11) is 0. The van der Waals surface area contributed by atoms with Gasteiger partial charge in [0.05, 0.1) is 17.8 Å². The van der Waals surface area contributed by atoms with Gasteiger partial charge in [-0.2, -0.15) is 0 Å². The summed E-state index contributed by atoms with van der Waals surface area (Å²) in [6.45, 7) is 6.28. The number of thioether (sulfide) groups is 1. The Morgan fingerprint density at radius 1 is 1.32 bits per heavy atom. The molecule has 1 amide bonds. The van der Waals surface area contributed by atoms with E-state index in [0.717, 1.165) is 0 Å². The lowest BCUT2D eigenvalue weighted by Crippen LogP contribution is -2.41. The van der Waals surface area contributed by atoms with Crippen molar-refractivity contribution in [3.63, 3.8) is 0 Å². The lowest BCUT2D eigenvalue weighted by atomic mass is 9.81. The number of aromatic nitrogens is 2. The van der Waals surface area contributed by atoms with Gasteiger partial charge in [0, 0.05) is 6.54 Å². The summed E-state index contributed by atoms with van der Waals surface area (Å²) in [5, 5.41) is 11.0. The summed E-state index contributed by atoms with van der Waals surface area (Å²) in [5.74, 6) is -0.266. The van der Waals surface area contributed by atoms with Crippen LogP contribution in [0.3, 0.4) is 0 Å². The van der Waals surface area contributed by atoms with E-state index in [1.165, 1.54) is 23.1 Å². The zero-order valence-electron chi connectivity index (χ0n) is 13.0. The molecule has 1 aromatic heterocycles. The first kappa shape index (κ1) is 18.9. The molecule has 0 aliphatic carbocycles. The van der Waals surface area contributed by atoms with Crippen molar-refractivity contribution in [3.8, 4) is 0 Å². The van der Waals surface area contributed by atoms with Crippen LogP contribution in [0.5, 0.6) is 0 Å². The molecule has 0 atom stereocenters. The van der Waals surface area contributed by atoms with Crippen LogP contribution in [-0.4, -0.2) is 41.0 Å². The molecule has 0 spiro atoms. The SMILES string of the molecule is CCOC(=O)CSc1nnc(NC(=O)C(CC)(CC)CN)s1. The number of hydrogen-bond donors (Lipinski definition) is 2. The predicted molar refractivity (Wildman–Crippen MR) is 88.0 cm³/mol. The number of nitrogens with two attached hydrogens (primary N) is 1. The molecule has 0 saturated carbocycles. The van der Waals surface area contributed by atoms with Gasteiger partial charge >= 0.3 is 5.97 Å². The van der Waals surface area contributed by atoms with Crippen molar-refractivity contribution in [2.45, 2.75) is 38.0 Å². The summed E-state index contributed by atoms with van der Waals surface area (Å²) in [5.41, 5.74) is 5.17. The number of nitrogens with zero attached hydrogens (tertiary/aromatic N) is 2. The quantitative estimate of drug-likeness (QED) is 0.399. The number of nitrogens with one attached hydrogen (secondary N) is 1. The van der Waals surface area contributed by atoms with E-state index in [-0.39, 0.29) is 24.2 Å². The molecule has 0 aromatic carbocycles. The van der Waals surface area contributed by atoms with Gasteiger partial charge in [0.1, 0.15) is 0 Å². The Bertz CT molecular complexity index is 495. The number of carbonyl (C=O) groups is 2. The molecule has 0 unspecified atom stereocenters. The van der Waals surface area contributed by atoms with Gasteiger partial charge < -0.3 is 10.5 Å². The standard InChI is InChI=1S/C13H22N4O3S2/c1-4-13(5-2,8-14)10(19)15-11-16-17-12(22-11)21-7-9(18)20-6-3/h4-8,14H2,1-3H3,(H,15,16,19). The van der Waals surface area contributed by atoms with E-state index in [4.69, 9.17) is 10.5 Å². The third-order valence-corrected chi connectivity index (χ3v) is 5.42. The van der Waals surface area contributed by atoms with Gasteiger partial charge in [0.2, 0.25) is 11.0 Å². The van der Waals surface area contributed by atoms with Crippen LogP contribution in [0, 0.1) is 5.41 Å². The van der Waals surface area contributed by atoms with Crippen molar-refractivity contribution in [3.05, 3.63) is 0 Å². The fraction of sp³-hybridized carbons (Fsp3) is 0.692. The summed E-state index contributed by atoms with van der Waals surface area (Å²) < 4.78 is 5.44. The van der Waals surface area contributed by atoms with Gasteiger partial charge in [-0.3, -0.25) is 14.9 Å². The maximum Gasteiger partial charge on any atom is 0.316 e. The molecular weight excluding hydrogens is 324 g/mol. The molecule has 1 heterocycles. The fourth-order valence-electron chi connectivity index (χ4n) is 1.82. The highest BCUT2D eigenvalue weighted by atomic mass is 32.2. The minimum Gasteiger partial charge on any atom is -0.465 e. The van der Waals surface area contributed by atoms with Crippen molar-refractivity contribution in [2.75, 3.05) is 24.2 Å². The van der Waals surface area contributed by atoms with Crippen LogP contribution >= 0.6 is 23.1 Å². The maximum atomic E-state index is 12.4. The van der Waals surface area contributed by atoms with E-state index in [1.807, 2.05) is 13.8 Å². The molecule has 0 saturated heterocycles. The first-order valence-corrected chi connectivity index (χ1v) is 8.95. The summed E-state index contributed by atoms with van der Waals surface area (Å²) in [6.07, 6.45) is 1.32. The molecule has 1 rings (SSSR count). The van der Waals surface area contributed by atoms with Crippen molar-refractivity contribution < 1.29 is 14.3 Å². The summed E-state index contributed by atoms with van der Waals surface area (Å²) in [4.78, 5) is 23.6. The van der Waals surface area contributed by atoms with Crippen LogP contribution in [0.2, 0.25) is 0 Å². The van der Waals surface area contributed by atoms with Crippen molar-refractivity contribution in [1.29, 1.82) is 0 Å². The Hall–Kier alpha value is -1.19. The topological polar surface area (TPSA) is 107 Å². The smallest absolute Gasteiger partial charge is 0.316 e. The lowest BCUT2D eigenvalue weighted by molar-refractivity contribution is -0.139. The number of amides is 1. The Morgan fingerprint density at radius 3 is 2.55 bits per heavy atom. The molecular formula is C13H22N4O3S2. The first-order chi connectivity index (χ1) is 10.5. The molecule has 3 N–H and O–H groups in total. The van der Waals surface area contributed by atoms with E-state index in [1.54, 1.807) is 6.92 Å². The van der Waals surface area contributed by atoms with E-state index in [2.05, 4.69) is 15.5 Å². The van der Waals surface area contributed by atoms with E-state index < -0.39 is 5.41 Å².